The highest BCUT2D eigenvalue weighted by Gasteiger charge is 2.40. The molecule has 0 bridgehead atoms. The van der Waals surface area contributed by atoms with Gasteiger partial charge in [-0.1, -0.05) is 95.1 Å². The molecule has 3 aromatic carbocycles. The molecule has 0 saturated carbocycles. The van der Waals surface area contributed by atoms with E-state index < -0.39 is 243 Å². The van der Waals surface area contributed by atoms with Crippen LogP contribution < -0.4 is 65.1 Å². The third kappa shape index (κ3) is 36.1. The van der Waals surface area contributed by atoms with E-state index in [1.807, 2.05) is 24.3 Å². The first-order valence-electron chi connectivity index (χ1n) is 38.3. The van der Waals surface area contributed by atoms with E-state index in [2.05, 4.69) is 59.8 Å². The van der Waals surface area contributed by atoms with Crippen molar-refractivity contribution in [3.63, 3.8) is 0 Å². The maximum absolute atomic E-state index is 14.9. The third-order valence-corrected chi connectivity index (χ3v) is 18.9. The minimum atomic E-state index is -2.22. The molecule has 5 rings (SSSR count). The molecule has 4 aromatic rings. The number of ketones is 5. The normalized spacial score (nSPS) is 20.3. The van der Waals surface area contributed by atoms with Crippen LogP contribution in [-0.2, 0) is 123 Å². The molecule has 1 aliphatic rings. The van der Waals surface area contributed by atoms with Crippen molar-refractivity contribution in [2.45, 2.75) is 194 Å². The quantitative estimate of drug-likeness (QED) is 0.0105. The van der Waals surface area contributed by atoms with E-state index in [-0.39, 0.29) is 55.5 Å². The zero-order valence-corrected chi connectivity index (χ0v) is 67.7. The molecule has 10 amide bonds. The Morgan fingerprint density at radius 3 is 1.87 bits per heavy atom. The number of nitrogens with two attached hydrogens (primary N) is 3. The van der Waals surface area contributed by atoms with E-state index >= 15 is 0 Å². The monoisotopic (exact) mass is 1680 g/mol. The molecule has 18 N–H and O–H groups in total. The molecule has 1 saturated heterocycles. The Labute approximate surface area is 689 Å². The predicted molar refractivity (Wildman–Crippen MR) is 421 cm³/mol. The molecule has 1 aliphatic heterocycles. The maximum atomic E-state index is 14.9. The van der Waals surface area contributed by atoms with Crippen LogP contribution >= 0.6 is 0 Å². The topological polar surface area (TPSA) is 644 Å². The van der Waals surface area contributed by atoms with Gasteiger partial charge in [0.15, 0.2) is 23.1 Å². The number of anilines is 1. The summed E-state index contributed by atoms with van der Waals surface area (Å²) in [6, 6.07) is 8.18. The van der Waals surface area contributed by atoms with Gasteiger partial charge in [0.2, 0.25) is 59.1 Å². The maximum Gasteiger partial charge on any atom is 0.373 e. The molecule has 1 aromatic heterocycles. The molecule has 39 heteroatoms. The number of H-pyrrole nitrogens is 1. The zero-order valence-electron chi connectivity index (χ0n) is 67.7. The number of hydrogen-bond donors (Lipinski definition) is 15. The molecule has 12 unspecified atom stereocenters. The number of carbonyl (C=O) groups excluding carboxylic acids is 22. The van der Waals surface area contributed by atoms with Gasteiger partial charge in [0.05, 0.1) is 44.5 Å². The van der Waals surface area contributed by atoms with Crippen LogP contribution in [0.1, 0.15) is 159 Å². The molecule has 650 valence electrons. The van der Waals surface area contributed by atoms with E-state index in [0.29, 0.717) is 22.0 Å². The number of aliphatic carboxylic acids is 1. The second kappa shape index (κ2) is 53.9. The first-order chi connectivity index (χ1) is 56.8. The fraction of sp³-hybridized carbons (Fsp3) is 0.481. The minimum Gasteiger partial charge on any atom is -0.481 e. The summed E-state index contributed by atoms with van der Waals surface area (Å²) >= 11 is 0. The second-order valence-electron chi connectivity index (χ2n) is 28.6. The van der Waals surface area contributed by atoms with Crippen LogP contribution in [0.2, 0.25) is 0 Å². The number of para-hydroxylation sites is 2. The summed E-state index contributed by atoms with van der Waals surface area (Å²) in [7, 11) is 0. The lowest BCUT2D eigenvalue weighted by atomic mass is 9.87. The molecule has 39 nitrogen and oxygen atoms in total. The first-order valence-corrected chi connectivity index (χ1v) is 38.3. The largest absolute Gasteiger partial charge is 0.481 e. The lowest BCUT2D eigenvalue weighted by Gasteiger charge is -2.29. The summed E-state index contributed by atoms with van der Waals surface area (Å²) in [4.78, 5) is 289. The van der Waals surface area contributed by atoms with Gasteiger partial charge in [0, 0.05) is 78.2 Å². The number of Topliss-reactive ketones (excluding diaryl/α,β-unsaturated/α-hetero) is 4. The fourth-order valence-corrected chi connectivity index (χ4v) is 12.4. The van der Waals surface area contributed by atoms with E-state index in [0.717, 1.165) is 43.7 Å². The summed E-state index contributed by atoms with van der Waals surface area (Å²) in [5.41, 5.74) is 21.2. The van der Waals surface area contributed by atoms with Crippen LogP contribution in [0.15, 0.2) is 85.1 Å². The van der Waals surface area contributed by atoms with E-state index in [9.17, 15) is 91.7 Å². The van der Waals surface area contributed by atoms with Crippen LogP contribution in [0.5, 0.6) is 0 Å². The van der Waals surface area contributed by atoms with Crippen molar-refractivity contribution < 1.29 is 125 Å². The van der Waals surface area contributed by atoms with Crippen molar-refractivity contribution in [1.29, 1.82) is 0 Å². The zero-order chi connectivity index (χ0) is 90.5. The van der Waals surface area contributed by atoms with Crippen molar-refractivity contribution in [3.8, 4) is 0 Å². The number of ether oxygens (including phenoxy) is 1. The molecular weight excluding hydrogens is 1570 g/mol. The Morgan fingerprint density at radius 1 is 0.658 bits per heavy atom. The average Bonchev–Trinajstić information content (AvgIpc) is 1.72. The van der Waals surface area contributed by atoms with Crippen LogP contribution in [0.25, 0.3) is 16.5 Å². The summed E-state index contributed by atoms with van der Waals surface area (Å²) in [6.45, 7) is 8.90. The number of aromatic amines is 1. The number of nitrogen functional groups attached to an aromatic ring is 1. The minimum absolute atomic E-state index is 0.00420. The van der Waals surface area contributed by atoms with Gasteiger partial charge in [0.1, 0.15) is 48.1 Å². The number of aliphatic hydroxyl groups excluding tert-OH is 1. The van der Waals surface area contributed by atoms with Gasteiger partial charge < -0.3 is 85.0 Å². The van der Waals surface area contributed by atoms with Crippen molar-refractivity contribution in [1.82, 2.24) is 52.8 Å². The number of benzene rings is 3. The van der Waals surface area contributed by atoms with Crippen LogP contribution in [0.3, 0.4) is 0 Å². The SMILES string of the molecule is CCCCCc1ccc(/C(C)=C/C(=O)CC(Cc2c[nH]c3ccccc23)C(=O)NC(CC(N)=O)C(=O)CC(CC(=O)O)C(=O)NC2C(=O)NCC(=O)CC(CCCN)C(=O)CC(C)C(=O)NC(C)C(=O)NC(C)C(=O)NCC(=O)NC(CO)C(=O)NC(C(C)C)C(=O)NC(CC(=O)c3ccccc3N)C(=O)OC2C)cc1.O=C=O.O=C=O.O=C=O. The molecule has 0 spiro atoms. The third-order valence-electron chi connectivity index (χ3n) is 18.9. The van der Waals surface area contributed by atoms with Crippen LogP contribution in [0, 0.1) is 29.6 Å². The number of carboxylic acids is 1. The molecule has 12 atom stereocenters. The molecule has 0 aliphatic carbocycles. The fourth-order valence-electron chi connectivity index (χ4n) is 12.4. The summed E-state index contributed by atoms with van der Waals surface area (Å²) in [6.07, 6.45) is 0.277. The molecule has 120 heavy (non-hydrogen) atoms. The molecule has 1 fully saturated rings. The number of carboxylic acid groups (broad SMARTS) is 1. The number of primary amides is 1. The summed E-state index contributed by atoms with van der Waals surface area (Å²) in [5, 5.41) is 42.5. The lowest BCUT2D eigenvalue weighted by Crippen LogP contribution is -2.59. The van der Waals surface area contributed by atoms with Gasteiger partial charge in [-0.15, -0.1) is 0 Å². The lowest BCUT2D eigenvalue weighted by molar-refractivity contribution is -0.193. The number of aryl methyl sites for hydroxylation is 1. The van der Waals surface area contributed by atoms with Crippen LogP contribution in [0.4, 0.5) is 5.69 Å². The number of unbranched alkanes of at least 4 members (excludes halogenated alkanes) is 2. The van der Waals surface area contributed by atoms with Crippen molar-refractivity contribution in [3.05, 3.63) is 107 Å². The number of fused-ring (bicyclic) bond motifs is 1. The highest BCUT2D eigenvalue weighted by atomic mass is 16.5. The van der Waals surface area contributed by atoms with Crippen molar-refractivity contribution in [2.24, 2.45) is 41.1 Å². The predicted octanol–water partition coefficient (Wildman–Crippen LogP) is -0.679. The van der Waals surface area contributed by atoms with Gasteiger partial charge in [-0.25, -0.2) is 4.79 Å². The van der Waals surface area contributed by atoms with Gasteiger partial charge in [-0.05, 0) is 119 Å². The summed E-state index contributed by atoms with van der Waals surface area (Å²) in [5.74, 6) is -24.3. The number of aliphatic hydroxyl groups is 1. The van der Waals surface area contributed by atoms with Gasteiger partial charge >= 0.3 is 30.4 Å². The number of cyclic esters (lactones) is 1. The second-order valence-corrected chi connectivity index (χ2v) is 28.6. The Morgan fingerprint density at radius 2 is 1.27 bits per heavy atom. The first kappa shape index (κ1) is 103. The smallest absolute Gasteiger partial charge is 0.373 e. The van der Waals surface area contributed by atoms with E-state index in [1.165, 1.54) is 65.0 Å². The van der Waals surface area contributed by atoms with Gasteiger partial charge in [0.25, 0.3) is 0 Å². The number of esters is 1. The highest BCUT2D eigenvalue weighted by Crippen LogP contribution is 2.26. The Bertz CT molecular complexity index is 4380. The number of amides is 10. The summed E-state index contributed by atoms with van der Waals surface area (Å²) < 4.78 is 5.80. The van der Waals surface area contributed by atoms with E-state index in [1.54, 1.807) is 37.4 Å². The van der Waals surface area contributed by atoms with Crippen LogP contribution in [-0.4, -0.2) is 208 Å². The number of aromatic nitrogens is 1. The Balaban J connectivity index is 0.00000517. The van der Waals surface area contributed by atoms with Crippen molar-refractivity contribution >= 4 is 141 Å². The number of allylic oxidation sites excluding steroid dienone is 2. The number of rotatable bonds is 29. The van der Waals surface area contributed by atoms with Gasteiger partial charge in [-0.3, -0.25) is 76.7 Å². The molecule has 2 heterocycles. The highest BCUT2D eigenvalue weighted by molar-refractivity contribution is 6.05. The van der Waals surface area contributed by atoms with Crippen molar-refractivity contribution in [2.75, 3.05) is 32.0 Å². The number of carbonyl (C=O) groups is 17. The average molecular weight is 1680 g/mol. The van der Waals surface area contributed by atoms with Gasteiger partial charge in [-0.2, -0.15) is 28.8 Å². The van der Waals surface area contributed by atoms with E-state index in [4.69, 9.17) is 50.7 Å². The molecular formula is C81H105N13O26. The molecule has 0 radical (unpaired) electrons. The Kier molecular flexibility index (Phi) is 46.2. The number of hydrogen-bond acceptors (Lipinski definition) is 27. The Hall–Kier alpha value is -13.2. The number of nitrogens with one attached hydrogen (secondary N) is 10. The standard InChI is InChI=1S/C78H105N13O20.3CO2/c1-9-10-11-17-47-23-25-48(26-24-47)42(4)28-53(93)32-50(30-52-37-82-58-22-15-13-19-55(52)58)73(105)88-59(36-65(81)98)64(97)33-51(34-67(100)101)74(106)91-69-46(8)111-78(110)60(35-63(96)56-20-12-14-21-57(56)80)89-77(109)68(41(2)3)90-75(107)61(40-92)87-66(99)39-84-71(103)44(6)86-72(104)45(7)85-70(102)43(5)29-62(95)49(18-16-27-79)31-54(94)38-83-76(69)108;3*2-1-3/h12-15,19-26,28,37,41,43-46,49-51,59-61,68-69,82,92H,9-11,16-18,27,29-36,38-40,79-80H2,1-8H3,(H2,81,98)(H,83,108)(H,84,103)(H,85,102)(H,86,104)(H,87,99)(H,88,105)(H,89,109)(H,90,107)(H,91,106)(H,100,101);;;/b42-28+;;;.